The summed E-state index contributed by atoms with van der Waals surface area (Å²) in [4.78, 5) is 12.3. The standard InChI is InChI=1S/C18H26N2O3/c21-18(15-8-5-9-16-17(15)23-13-12-22-16)20-11-10-19-14-6-3-1-2-4-7-14/h5,8-9,14,19H,1-4,6-7,10-13H2,(H,20,21). The van der Waals surface area contributed by atoms with Crippen LogP contribution < -0.4 is 20.1 Å². The van der Waals surface area contributed by atoms with Gasteiger partial charge in [0.25, 0.3) is 5.91 Å². The summed E-state index contributed by atoms with van der Waals surface area (Å²) in [5.74, 6) is 1.11. The van der Waals surface area contributed by atoms with Gasteiger partial charge in [0, 0.05) is 19.1 Å². The van der Waals surface area contributed by atoms with Gasteiger partial charge < -0.3 is 20.1 Å². The molecule has 5 heteroatoms. The first-order chi connectivity index (χ1) is 11.3. The number of hydrogen-bond donors (Lipinski definition) is 2. The zero-order valence-electron chi connectivity index (χ0n) is 13.6. The first-order valence-corrected chi connectivity index (χ1v) is 8.75. The average molecular weight is 318 g/mol. The highest BCUT2D eigenvalue weighted by molar-refractivity contribution is 5.97. The van der Waals surface area contributed by atoms with E-state index in [0.717, 1.165) is 6.54 Å². The van der Waals surface area contributed by atoms with Crippen molar-refractivity contribution in [2.45, 2.75) is 44.6 Å². The van der Waals surface area contributed by atoms with Crippen molar-refractivity contribution in [2.24, 2.45) is 0 Å². The fraction of sp³-hybridized carbons (Fsp3) is 0.611. The number of carbonyl (C=O) groups is 1. The lowest BCUT2D eigenvalue weighted by atomic mass is 10.1. The van der Waals surface area contributed by atoms with Crippen LogP contribution in [0.2, 0.25) is 0 Å². The molecule has 1 fully saturated rings. The van der Waals surface area contributed by atoms with Gasteiger partial charge >= 0.3 is 0 Å². The van der Waals surface area contributed by atoms with E-state index >= 15 is 0 Å². The molecule has 0 saturated heterocycles. The summed E-state index contributed by atoms with van der Waals surface area (Å²) in [6, 6.07) is 6.04. The van der Waals surface area contributed by atoms with Gasteiger partial charge in [-0.2, -0.15) is 0 Å². The van der Waals surface area contributed by atoms with Gasteiger partial charge in [0.15, 0.2) is 11.5 Å². The molecule has 1 saturated carbocycles. The van der Waals surface area contributed by atoms with Crippen molar-refractivity contribution in [1.82, 2.24) is 10.6 Å². The van der Waals surface area contributed by atoms with E-state index in [-0.39, 0.29) is 5.91 Å². The lowest BCUT2D eigenvalue weighted by Gasteiger charge is -2.20. The summed E-state index contributed by atoms with van der Waals surface area (Å²) < 4.78 is 11.1. The van der Waals surface area contributed by atoms with Crippen LogP contribution in [0.15, 0.2) is 18.2 Å². The van der Waals surface area contributed by atoms with Crippen molar-refractivity contribution < 1.29 is 14.3 Å². The van der Waals surface area contributed by atoms with Gasteiger partial charge in [-0.25, -0.2) is 0 Å². The van der Waals surface area contributed by atoms with Gasteiger partial charge in [0.05, 0.1) is 5.56 Å². The van der Waals surface area contributed by atoms with Gasteiger partial charge in [-0.1, -0.05) is 31.7 Å². The predicted octanol–water partition coefficient (Wildman–Crippen LogP) is 2.50. The number of amides is 1. The van der Waals surface area contributed by atoms with Crippen LogP contribution >= 0.6 is 0 Å². The third-order valence-electron chi connectivity index (χ3n) is 4.51. The second kappa shape index (κ2) is 8.20. The van der Waals surface area contributed by atoms with E-state index in [1.54, 1.807) is 6.07 Å². The number of rotatable bonds is 5. The number of carbonyl (C=O) groups excluding carboxylic acids is 1. The minimum atomic E-state index is -0.102. The second-order valence-electron chi connectivity index (χ2n) is 6.23. The van der Waals surface area contributed by atoms with E-state index in [4.69, 9.17) is 9.47 Å². The Morgan fingerprint density at radius 3 is 2.65 bits per heavy atom. The molecule has 2 N–H and O–H groups in total. The number of benzene rings is 1. The smallest absolute Gasteiger partial charge is 0.255 e. The molecule has 0 bridgehead atoms. The summed E-state index contributed by atoms with van der Waals surface area (Å²) in [5.41, 5.74) is 0.552. The van der Waals surface area contributed by atoms with Crippen LogP contribution in [0, 0.1) is 0 Å². The first kappa shape index (κ1) is 16.1. The van der Waals surface area contributed by atoms with Gasteiger partial charge in [-0.3, -0.25) is 4.79 Å². The normalized spacial score (nSPS) is 18.3. The Bertz CT molecular complexity index is 525. The van der Waals surface area contributed by atoms with Crippen molar-refractivity contribution in [3.8, 4) is 11.5 Å². The van der Waals surface area contributed by atoms with Gasteiger partial charge in [-0.05, 0) is 25.0 Å². The molecular weight excluding hydrogens is 292 g/mol. The Kier molecular flexibility index (Phi) is 5.75. The SMILES string of the molecule is O=C(NCCNC1CCCCCC1)c1cccc2c1OCCO2. The quantitative estimate of drug-likeness (QED) is 0.647. The topological polar surface area (TPSA) is 59.6 Å². The molecule has 1 aliphatic heterocycles. The fourth-order valence-corrected chi connectivity index (χ4v) is 3.28. The zero-order valence-corrected chi connectivity index (χ0v) is 13.6. The van der Waals surface area contributed by atoms with E-state index < -0.39 is 0 Å². The minimum Gasteiger partial charge on any atom is -0.486 e. The van der Waals surface area contributed by atoms with Crippen LogP contribution in [0.1, 0.15) is 48.9 Å². The molecule has 2 aliphatic rings. The van der Waals surface area contributed by atoms with Crippen molar-refractivity contribution in [2.75, 3.05) is 26.3 Å². The highest BCUT2D eigenvalue weighted by Crippen LogP contribution is 2.33. The lowest BCUT2D eigenvalue weighted by molar-refractivity contribution is 0.0942. The van der Waals surface area contributed by atoms with Crippen LogP contribution in [0.4, 0.5) is 0 Å². The zero-order chi connectivity index (χ0) is 15.9. The first-order valence-electron chi connectivity index (χ1n) is 8.75. The Hall–Kier alpha value is -1.75. The number of para-hydroxylation sites is 1. The molecule has 0 unspecified atom stereocenters. The van der Waals surface area contributed by atoms with E-state index in [0.29, 0.717) is 42.9 Å². The molecule has 23 heavy (non-hydrogen) atoms. The number of hydrogen-bond acceptors (Lipinski definition) is 4. The molecule has 1 heterocycles. The average Bonchev–Trinajstić information content (AvgIpc) is 2.87. The fourth-order valence-electron chi connectivity index (χ4n) is 3.28. The molecule has 3 rings (SSSR count). The Morgan fingerprint density at radius 1 is 1.04 bits per heavy atom. The largest absolute Gasteiger partial charge is 0.486 e. The van der Waals surface area contributed by atoms with E-state index in [1.807, 2.05) is 12.1 Å². The molecule has 1 amide bonds. The molecule has 1 aromatic rings. The maximum atomic E-state index is 12.3. The number of fused-ring (bicyclic) bond motifs is 1. The predicted molar refractivity (Wildman–Crippen MR) is 89.3 cm³/mol. The third kappa shape index (κ3) is 4.38. The Labute approximate surface area is 137 Å². The highest BCUT2D eigenvalue weighted by atomic mass is 16.6. The van der Waals surface area contributed by atoms with Crippen molar-refractivity contribution >= 4 is 5.91 Å². The molecule has 5 nitrogen and oxygen atoms in total. The lowest BCUT2D eigenvalue weighted by Crippen LogP contribution is -2.37. The van der Waals surface area contributed by atoms with Gasteiger partial charge in [0.1, 0.15) is 13.2 Å². The molecule has 0 atom stereocenters. The summed E-state index contributed by atoms with van der Waals surface area (Å²) in [6.07, 6.45) is 7.86. The maximum Gasteiger partial charge on any atom is 0.255 e. The van der Waals surface area contributed by atoms with Crippen LogP contribution in [0.3, 0.4) is 0 Å². The molecule has 126 valence electrons. The third-order valence-corrected chi connectivity index (χ3v) is 4.51. The maximum absolute atomic E-state index is 12.3. The van der Waals surface area contributed by atoms with Crippen molar-refractivity contribution in [3.05, 3.63) is 23.8 Å². The summed E-state index contributed by atoms with van der Waals surface area (Å²) in [5, 5.41) is 6.53. The molecule has 0 radical (unpaired) electrons. The summed E-state index contributed by atoms with van der Waals surface area (Å²) >= 11 is 0. The molecule has 1 aromatic carbocycles. The summed E-state index contributed by atoms with van der Waals surface area (Å²) in [6.45, 7) is 2.45. The molecule has 0 spiro atoms. The van der Waals surface area contributed by atoms with Crippen LogP contribution in [-0.2, 0) is 0 Å². The molecule has 1 aliphatic carbocycles. The molecule has 0 aromatic heterocycles. The van der Waals surface area contributed by atoms with E-state index in [9.17, 15) is 4.79 Å². The summed E-state index contributed by atoms with van der Waals surface area (Å²) in [7, 11) is 0. The number of nitrogens with one attached hydrogen (secondary N) is 2. The van der Waals surface area contributed by atoms with E-state index in [1.165, 1.54) is 38.5 Å². The highest BCUT2D eigenvalue weighted by Gasteiger charge is 2.20. The monoisotopic (exact) mass is 318 g/mol. The van der Waals surface area contributed by atoms with Crippen LogP contribution in [0.25, 0.3) is 0 Å². The van der Waals surface area contributed by atoms with Gasteiger partial charge in [0.2, 0.25) is 0 Å². The van der Waals surface area contributed by atoms with Crippen LogP contribution in [-0.4, -0.2) is 38.3 Å². The number of ether oxygens (including phenoxy) is 2. The second-order valence-corrected chi connectivity index (χ2v) is 6.23. The van der Waals surface area contributed by atoms with Crippen molar-refractivity contribution in [1.29, 1.82) is 0 Å². The Morgan fingerprint density at radius 2 is 1.83 bits per heavy atom. The van der Waals surface area contributed by atoms with E-state index in [2.05, 4.69) is 10.6 Å². The Balaban J connectivity index is 1.46. The van der Waals surface area contributed by atoms with Crippen molar-refractivity contribution in [3.63, 3.8) is 0 Å². The molecular formula is C18H26N2O3. The van der Waals surface area contributed by atoms with Crippen LogP contribution in [0.5, 0.6) is 11.5 Å². The minimum absolute atomic E-state index is 0.102. The van der Waals surface area contributed by atoms with Gasteiger partial charge in [-0.15, -0.1) is 0 Å².